The highest BCUT2D eigenvalue weighted by atomic mass is 19.1. The second kappa shape index (κ2) is 5.50. The molecule has 1 aromatic heterocycles. The van der Waals surface area contributed by atoms with E-state index in [-0.39, 0.29) is 11.8 Å². The van der Waals surface area contributed by atoms with Crippen LogP contribution in [0.15, 0.2) is 17.4 Å². The van der Waals surface area contributed by atoms with Crippen molar-refractivity contribution in [2.75, 3.05) is 24.5 Å². The Bertz CT molecular complexity index is 691. The summed E-state index contributed by atoms with van der Waals surface area (Å²) in [4.78, 5) is 30.1. The maximum Gasteiger partial charge on any atom is 0.256 e. The first-order valence-corrected chi connectivity index (χ1v) is 8.72. The summed E-state index contributed by atoms with van der Waals surface area (Å²) < 4.78 is 13.0. The number of carbonyl (C=O) groups is 1. The number of likely N-dealkylation sites (N-methyl/N-ethyl adjacent to an activating group) is 1. The molecule has 3 heterocycles. The number of hydrogen-bond acceptors (Lipinski definition) is 5. The van der Waals surface area contributed by atoms with E-state index in [1.807, 2.05) is 18.7 Å². The molecule has 4 rings (SSSR count). The van der Waals surface area contributed by atoms with Gasteiger partial charge in [-0.3, -0.25) is 14.7 Å². The van der Waals surface area contributed by atoms with Gasteiger partial charge in [0.2, 0.25) is 5.95 Å². The van der Waals surface area contributed by atoms with Crippen molar-refractivity contribution in [2.45, 2.75) is 38.6 Å². The van der Waals surface area contributed by atoms with E-state index in [9.17, 15) is 9.18 Å². The Labute approximate surface area is 140 Å². The molecule has 0 bridgehead atoms. The van der Waals surface area contributed by atoms with Crippen LogP contribution in [-0.4, -0.2) is 51.8 Å². The molecule has 1 spiro atoms. The fourth-order valence-electron chi connectivity index (χ4n) is 4.62. The lowest BCUT2D eigenvalue weighted by atomic mass is 9.85. The highest BCUT2D eigenvalue weighted by Crippen LogP contribution is 2.50. The zero-order valence-electron chi connectivity index (χ0n) is 14.1. The second-order valence-electron chi connectivity index (χ2n) is 6.87. The largest absolute Gasteiger partial charge is 0.340 e. The number of amidine groups is 1. The van der Waals surface area contributed by atoms with Crippen LogP contribution in [0, 0.1) is 17.7 Å². The molecule has 3 atom stereocenters. The smallest absolute Gasteiger partial charge is 0.256 e. The van der Waals surface area contributed by atoms with Crippen molar-refractivity contribution in [1.82, 2.24) is 14.9 Å². The highest BCUT2D eigenvalue weighted by Gasteiger charge is 2.60. The number of amides is 1. The van der Waals surface area contributed by atoms with E-state index in [0.29, 0.717) is 25.0 Å². The SMILES string of the molecule is CCC1=N[C@@]2(CC[C@@H]3CN(c4ncc(F)cn4)C[C@@H]32)C(=O)N1CC. The number of anilines is 1. The molecule has 0 N–H and O–H groups in total. The van der Waals surface area contributed by atoms with E-state index in [4.69, 9.17) is 4.99 Å². The third kappa shape index (κ3) is 2.06. The van der Waals surface area contributed by atoms with E-state index in [0.717, 1.165) is 31.6 Å². The number of hydrogen-bond donors (Lipinski definition) is 0. The number of rotatable bonds is 3. The maximum atomic E-state index is 13.1. The first kappa shape index (κ1) is 15.5. The van der Waals surface area contributed by atoms with Crippen molar-refractivity contribution >= 4 is 17.7 Å². The van der Waals surface area contributed by atoms with Crippen LogP contribution in [0.1, 0.15) is 33.1 Å². The third-order valence-electron chi connectivity index (χ3n) is 5.73. The molecule has 1 amide bonds. The molecule has 2 fully saturated rings. The molecular weight excluding hydrogens is 309 g/mol. The number of aromatic nitrogens is 2. The van der Waals surface area contributed by atoms with Gasteiger partial charge in [-0.05, 0) is 25.7 Å². The van der Waals surface area contributed by atoms with Gasteiger partial charge < -0.3 is 4.90 Å². The van der Waals surface area contributed by atoms with Crippen molar-refractivity contribution in [3.8, 4) is 0 Å². The summed E-state index contributed by atoms with van der Waals surface area (Å²) in [6.07, 6.45) is 4.99. The normalized spacial score (nSPS) is 32.0. The van der Waals surface area contributed by atoms with E-state index >= 15 is 0 Å². The van der Waals surface area contributed by atoms with Crippen molar-refractivity contribution in [3.63, 3.8) is 0 Å². The van der Waals surface area contributed by atoms with Crippen molar-refractivity contribution < 1.29 is 9.18 Å². The Morgan fingerprint density at radius 1 is 1.29 bits per heavy atom. The van der Waals surface area contributed by atoms with E-state index in [1.54, 1.807) is 0 Å². The minimum Gasteiger partial charge on any atom is -0.340 e. The van der Waals surface area contributed by atoms with Crippen molar-refractivity contribution in [2.24, 2.45) is 16.8 Å². The molecule has 128 valence electrons. The van der Waals surface area contributed by atoms with Crippen LogP contribution >= 0.6 is 0 Å². The summed E-state index contributed by atoms with van der Waals surface area (Å²) in [5, 5.41) is 0. The number of carbonyl (C=O) groups excluding carboxylic acids is 1. The lowest BCUT2D eigenvalue weighted by Crippen LogP contribution is -2.46. The molecule has 1 saturated carbocycles. The standard InChI is InChI=1S/C17H22FN5O/c1-3-14-21-17(15(24)23(14)4-2)6-5-11-9-22(10-13(11)17)16-19-7-12(18)8-20-16/h7-8,11,13H,3-6,9-10H2,1-2H3/t11-,13+,17-/m1/s1. The van der Waals surface area contributed by atoms with Crippen LogP contribution in [0.25, 0.3) is 0 Å². The van der Waals surface area contributed by atoms with Gasteiger partial charge in [0.15, 0.2) is 5.82 Å². The van der Waals surface area contributed by atoms with Crippen LogP contribution < -0.4 is 4.90 Å². The van der Waals surface area contributed by atoms with E-state index in [1.165, 1.54) is 12.4 Å². The fraction of sp³-hybridized carbons (Fsp3) is 0.647. The first-order valence-electron chi connectivity index (χ1n) is 8.72. The predicted molar refractivity (Wildman–Crippen MR) is 88.3 cm³/mol. The van der Waals surface area contributed by atoms with Crippen LogP contribution in [-0.2, 0) is 4.79 Å². The second-order valence-corrected chi connectivity index (χ2v) is 6.87. The lowest BCUT2D eigenvalue weighted by Gasteiger charge is -2.27. The Morgan fingerprint density at radius 2 is 2.04 bits per heavy atom. The van der Waals surface area contributed by atoms with Gasteiger partial charge >= 0.3 is 0 Å². The molecular formula is C17H22FN5O. The average Bonchev–Trinajstić information content (AvgIpc) is 3.23. The van der Waals surface area contributed by atoms with Gasteiger partial charge in [-0.25, -0.2) is 14.4 Å². The molecule has 6 nitrogen and oxygen atoms in total. The maximum absolute atomic E-state index is 13.1. The molecule has 1 aromatic rings. The molecule has 0 radical (unpaired) electrons. The lowest BCUT2D eigenvalue weighted by molar-refractivity contribution is -0.132. The monoisotopic (exact) mass is 331 g/mol. The van der Waals surface area contributed by atoms with Gasteiger partial charge in [0.1, 0.15) is 11.4 Å². The summed E-state index contributed by atoms with van der Waals surface area (Å²) in [6.45, 7) is 6.25. The van der Waals surface area contributed by atoms with Crippen LogP contribution in [0.4, 0.5) is 10.3 Å². The number of fused-ring (bicyclic) bond motifs is 2. The zero-order chi connectivity index (χ0) is 16.9. The molecule has 7 heteroatoms. The van der Waals surface area contributed by atoms with Crippen LogP contribution in [0.5, 0.6) is 0 Å². The first-order chi connectivity index (χ1) is 11.6. The Kier molecular flexibility index (Phi) is 3.54. The van der Waals surface area contributed by atoms with Crippen molar-refractivity contribution in [1.29, 1.82) is 0 Å². The van der Waals surface area contributed by atoms with Gasteiger partial charge in [0.25, 0.3) is 5.91 Å². The van der Waals surface area contributed by atoms with Crippen LogP contribution in [0.3, 0.4) is 0 Å². The summed E-state index contributed by atoms with van der Waals surface area (Å²) in [7, 11) is 0. The molecule has 1 saturated heterocycles. The predicted octanol–water partition coefficient (Wildman–Crippen LogP) is 1.87. The quantitative estimate of drug-likeness (QED) is 0.848. The number of nitrogens with zero attached hydrogens (tertiary/aromatic N) is 5. The Hall–Kier alpha value is -2.05. The molecule has 0 unspecified atom stereocenters. The molecule has 2 aliphatic heterocycles. The minimum atomic E-state index is -0.596. The summed E-state index contributed by atoms with van der Waals surface area (Å²) in [6, 6.07) is 0. The Morgan fingerprint density at radius 3 is 2.67 bits per heavy atom. The number of aliphatic imine (C=N–C) groups is 1. The molecule has 0 aromatic carbocycles. The van der Waals surface area contributed by atoms with Gasteiger partial charge in [0.05, 0.1) is 12.4 Å². The number of halogens is 1. The van der Waals surface area contributed by atoms with Crippen LogP contribution in [0.2, 0.25) is 0 Å². The van der Waals surface area contributed by atoms with Crippen molar-refractivity contribution in [3.05, 3.63) is 18.2 Å². The fourth-order valence-corrected chi connectivity index (χ4v) is 4.62. The topological polar surface area (TPSA) is 61.7 Å². The molecule has 24 heavy (non-hydrogen) atoms. The van der Waals surface area contributed by atoms with E-state index < -0.39 is 11.4 Å². The third-order valence-corrected chi connectivity index (χ3v) is 5.73. The average molecular weight is 331 g/mol. The van der Waals surface area contributed by atoms with Gasteiger partial charge in [0, 0.05) is 32.0 Å². The van der Waals surface area contributed by atoms with E-state index in [2.05, 4.69) is 14.9 Å². The summed E-state index contributed by atoms with van der Waals surface area (Å²) in [5.41, 5.74) is -0.596. The molecule has 1 aliphatic carbocycles. The van der Waals surface area contributed by atoms with Gasteiger partial charge in [-0.2, -0.15) is 0 Å². The molecule has 3 aliphatic rings. The zero-order valence-corrected chi connectivity index (χ0v) is 14.1. The minimum absolute atomic E-state index is 0.163. The highest BCUT2D eigenvalue weighted by molar-refractivity contribution is 6.08. The van der Waals surface area contributed by atoms with Gasteiger partial charge in [-0.15, -0.1) is 0 Å². The summed E-state index contributed by atoms with van der Waals surface area (Å²) in [5.74, 6) is 1.80. The van der Waals surface area contributed by atoms with Gasteiger partial charge in [-0.1, -0.05) is 6.92 Å². The summed E-state index contributed by atoms with van der Waals surface area (Å²) >= 11 is 0. The Balaban J connectivity index is 1.62.